The molecule has 1 atom stereocenters. The predicted molar refractivity (Wildman–Crippen MR) is 196 cm³/mol. The normalized spacial score (nSPS) is 12.5. The molecule has 6 aromatic carbocycles. The van der Waals surface area contributed by atoms with E-state index in [1.54, 1.807) is 31.4 Å². The molecule has 0 saturated carbocycles. The third-order valence-corrected chi connectivity index (χ3v) is 14.0. The molecule has 0 fully saturated rings. The molecule has 0 radical (unpaired) electrons. The van der Waals surface area contributed by atoms with Crippen LogP contribution in [0.25, 0.3) is 22.0 Å². The van der Waals surface area contributed by atoms with E-state index >= 15 is 13.0 Å². The zero-order valence-electron chi connectivity index (χ0n) is 26.6. The van der Waals surface area contributed by atoms with Gasteiger partial charge in [-0.25, -0.2) is 12.4 Å². The van der Waals surface area contributed by atoms with Gasteiger partial charge in [0.1, 0.15) is 5.75 Å². The second-order valence-electron chi connectivity index (χ2n) is 11.7. The fraction of sp³-hybridized carbons (Fsp3) is 0.0732. The largest absolute Gasteiger partial charge is 0.497 e. The predicted octanol–water partition coefficient (Wildman–Crippen LogP) is 8.97. The van der Waals surface area contributed by atoms with Crippen molar-refractivity contribution < 1.29 is 17.7 Å². The van der Waals surface area contributed by atoms with E-state index < -0.39 is 22.8 Å². The molecular formula is C41H34NO4PS. The maximum Gasteiger partial charge on any atom is 0.268 e. The van der Waals surface area contributed by atoms with Crippen molar-refractivity contribution in [3.8, 4) is 16.9 Å². The molecule has 0 bridgehead atoms. The molecule has 0 aliphatic carbocycles. The number of nitrogens with zero attached hydrogens (tertiary/aromatic N) is 1. The van der Waals surface area contributed by atoms with Gasteiger partial charge in [0, 0.05) is 21.6 Å². The Balaban J connectivity index is 1.70. The topological polar surface area (TPSA) is 65.4 Å². The Bertz CT molecular complexity index is 2310. The van der Waals surface area contributed by atoms with Crippen molar-refractivity contribution in [1.29, 1.82) is 0 Å². The number of hydrogen-bond acceptors (Lipinski definition) is 4. The van der Waals surface area contributed by atoms with Gasteiger partial charge in [-0.3, -0.25) is 0 Å². The van der Waals surface area contributed by atoms with Crippen LogP contribution in [0.4, 0.5) is 0 Å². The average Bonchev–Trinajstić information content (AvgIpc) is 3.48. The summed E-state index contributed by atoms with van der Waals surface area (Å²) in [6.07, 6.45) is 0. The summed E-state index contributed by atoms with van der Waals surface area (Å²) in [5, 5.41) is 2.01. The Morgan fingerprint density at radius 3 is 1.71 bits per heavy atom. The SMILES string of the molecule is COc1ccc(-c2c(C(c3ccccc3)P(=O)(c3ccccc3)c3ccccc3)n(S(=O)(=O)c3ccc(C)cc3)c3ccccc23)cc1. The lowest BCUT2D eigenvalue weighted by Crippen LogP contribution is -2.26. The van der Waals surface area contributed by atoms with Gasteiger partial charge in [0.15, 0.2) is 7.14 Å². The zero-order valence-corrected chi connectivity index (χ0v) is 28.3. The van der Waals surface area contributed by atoms with E-state index in [0.29, 0.717) is 33.1 Å². The maximum atomic E-state index is 16.5. The summed E-state index contributed by atoms with van der Waals surface area (Å²) in [5.41, 5.74) is 3.22. The van der Waals surface area contributed by atoms with Crippen molar-refractivity contribution in [3.05, 3.63) is 181 Å². The lowest BCUT2D eigenvalue weighted by atomic mass is 9.98. The van der Waals surface area contributed by atoms with Crippen LogP contribution < -0.4 is 15.3 Å². The van der Waals surface area contributed by atoms with Crippen LogP contribution in [0, 0.1) is 6.92 Å². The third-order valence-electron chi connectivity index (χ3n) is 8.82. The van der Waals surface area contributed by atoms with Crippen molar-refractivity contribution in [2.75, 3.05) is 7.11 Å². The second-order valence-corrected chi connectivity index (χ2v) is 16.4. The van der Waals surface area contributed by atoms with Gasteiger partial charge in [0.05, 0.1) is 28.9 Å². The molecule has 7 aromatic rings. The first-order valence-corrected chi connectivity index (χ1v) is 18.9. The van der Waals surface area contributed by atoms with Gasteiger partial charge >= 0.3 is 0 Å². The van der Waals surface area contributed by atoms with E-state index in [9.17, 15) is 0 Å². The van der Waals surface area contributed by atoms with Gasteiger partial charge in [-0.05, 0) is 48.4 Å². The van der Waals surface area contributed by atoms with Crippen LogP contribution in [-0.2, 0) is 14.6 Å². The summed E-state index contributed by atoms with van der Waals surface area (Å²) < 4.78 is 53.7. The molecular weight excluding hydrogens is 633 g/mol. The summed E-state index contributed by atoms with van der Waals surface area (Å²) in [4.78, 5) is 0.150. The van der Waals surface area contributed by atoms with Crippen molar-refractivity contribution in [2.24, 2.45) is 0 Å². The minimum absolute atomic E-state index is 0.150. The van der Waals surface area contributed by atoms with Crippen LogP contribution in [0.1, 0.15) is 22.5 Å². The molecule has 0 saturated heterocycles. The molecule has 7 heteroatoms. The molecule has 7 rings (SSSR count). The van der Waals surface area contributed by atoms with Crippen molar-refractivity contribution >= 4 is 38.7 Å². The molecule has 0 amide bonds. The summed E-state index contributed by atoms with van der Waals surface area (Å²) >= 11 is 0. The monoisotopic (exact) mass is 667 g/mol. The molecule has 238 valence electrons. The number of methoxy groups -OCH3 is 1. The van der Waals surface area contributed by atoms with Crippen LogP contribution in [0.3, 0.4) is 0 Å². The van der Waals surface area contributed by atoms with E-state index in [-0.39, 0.29) is 4.90 Å². The minimum Gasteiger partial charge on any atom is -0.497 e. The highest BCUT2D eigenvalue weighted by molar-refractivity contribution is 7.90. The fourth-order valence-electron chi connectivity index (χ4n) is 6.54. The molecule has 5 nitrogen and oxygen atoms in total. The van der Waals surface area contributed by atoms with Crippen LogP contribution in [-0.4, -0.2) is 19.5 Å². The molecule has 1 heterocycles. The zero-order chi connectivity index (χ0) is 33.3. The Labute approximate surface area is 281 Å². The van der Waals surface area contributed by atoms with Crippen LogP contribution in [0.2, 0.25) is 0 Å². The van der Waals surface area contributed by atoms with E-state index in [2.05, 4.69) is 0 Å². The highest BCUT2D eigenvalue weighted by Gasteiger charge is 2.44. The van der Waals surface area contributed by atoms with E-state index in [1.165, 1.54) is 3.97 Å². The molecule has 1 aromatic heterocycles. The first-order valence-electron chi connectivity index (χ1n) is 15.7. The summed E-state index contributed by atoms with van der Waals surface area (Å²) in [6, 6.07) is 50.5. The van der Waals surface area contributed by atoms with Crippen molar-refractivity contribution in [3.63, 3.8) is 0 Å². The lowest BCUT2D eigenvalue weighted by Gasteiger charge is -2.31. The third kappa shape index (κ3) is 5.37. The Morgan fingerprint density at radius 2 is 1.15 bits per heavy atom. The Kier molecular flexibility index (Phi) is 8.38. The number of ether oxygens (including phenoxy) is 1. The highest BCUT2D eigenvalue weighted by Crippen LogP contribution is 2.62. The summed E-state index contributed by atoms with van der Waals surface area (Å²) in [7, 11) is -6.31. The van der Waals surface area contributed by atoms with Crippen molar-refractivity contribution in [2.45, 2.75) is 17.5 Å². The maximum absolute atomic E-state index is 16.5. The quantitative estimate of drug-likeness (QED) is 0.144. The van der Waals surface area contributed by atoms with Gasteiger partial charge in [-0.1, -0.05) is 139 Å². The molecule has 0 aliphatic rings. The number of aromatic nitrogens is 1. The van der Waals surface area contributed by atoms with Gasteiger partial charge in [0.2, 0.25) is 0 Å². The van der Waals surface area contributed by atoms with E-state index in [1.807, 2.05) is 146 Å². The fourth-order valence-corrected chi connectivity index (χ4v) is 11.5. The average molecular weight is 668 g/mol. The van der Waals surface area contributed by atoms with Gasteiger partial charge in [0.25, 0.3) is 10.0 Å². The van der Waals surface area contributed by atoms with Gasteiger partial charge in [-0.15, -0.1) is 0 Å². The lowest BCUT2D eigenvalue weighted by molar-refractivity contribution is 0.415. The second kappa shape index (κ2) is 12.8. The number of benzene rings is 6. The first kappa shape index (κ1) is 31.4. The molecule has 0 aliphatic heterocycles. The molecule has 1 unspecified atom stereocenters. The first-order chi connectivity index (χ1) is 23.3. The van der Waals surface area contributed by atoms with E-state index in [4.69, 9.17) is 4.74 Å². The molecule has 48 heavy (non-hydrogen) atoms. The Morgan fingerprint density at radius 1 is 0.625 bits per heavy atom. The highest BCUT2D eigenvalue weighted by atomic mass is 32.2. The van der Waals surface area contributed by atoms with Gasteiger partial charge in [-0.2, -0.15) is 0 Å². The Hall–Kier alpha value is -5.16. The van der Waals surface area contributed by atoms with Crippen LogP contribution >= 0.6 is 7.14 Å². The number of fused-ring (bicyclic) bond motifs is 1. The van der Waals surface area contributed by atoms with Crippen LogP contribution in [0.5, 0.6) is 5.75 Å². The summed E-state index contributed by atoms with van der Waals surface area (Å²) in [5.74, 6) is 0.676. The number of hydrogen-bond donors (Lipinski definition) is 0. The van der Waals surface area contributed by atoms with Crippen molar-refractivity contribution in [1.82, 2.24) is 3.97 Å². The molecule has 0 N–H and O–H groups in total. The van der Waals surface area contributed by atoms with Crippen LogP contribution in [0.15, 0.2) is 169 Å². The smallest absolute Gasteiger partial charge is 0.268 e. The molecule has 0 spiro atoms. The van der Waals surface area contributed by atoms with Gasteiger partial charge < -0.3 is 9.30 Å². The number of aryl methyl sites for hydroxylation is 1. The van der Waals surface area contributed by atoms with E-state index in [0.717, 1.165) is 22.1 Å². The standard InChI is InChI=1S/C41H34NO4PS/c1-30-22-28-36(29-23-30)48(44,45)42-38-21-13-12-20-37(38)39(31-24-26-33(46-2)27-25-31)40(42)41(32-14-6-3-7-15-32)47(43,34-16-8-4-9-17-34)35-18-10-5-11-19-35/h3-29,41H,1-2H3. The number of para-hydroxylation sites is 1. The number of rotatable bonds is 9. The minimum atomic E-state index is -4.22. The summed E-state index contributed by atoms with van der Waals surface area (Å²) in [6.45, 7) is 1.93.